The smallest absolute Gasteiger partial charge is 0.189 e. The molecule has 5 rings (SSSR count). The van der Waals surface area contributed by atoms with Gasteiger partial charge in [0.25, 0.3) is 0 Å². The zero-order valence-corrected chi connectivity index (χ0v) is 31.5. The highest BCUT2D eigenvalue weighted by Gasteiger charge is 2.50. The first kappa shape index (κ1) is 35.9. The molecule has 11 heteroatoms. The van der Waals surface area contributed by atoms with Crippen molar-refractivity contribution >= 4 is 85.4 Å². The molecule has 2 aromatic rings. The molecule has 47 heavy (non-hydrogen) atoms. The van der Waals surface area contributed by atoms with E-state index in [1.165, 1.54) is 86.9 Å². The molecular formula is C36H46N6S5. The number of aliphatic imine (C=N–C) groups is 2. The second kappa shape index (κ2) is 18.4. The van der Waals surface area contributed by atoms with Gasteiger partial charge in [0.15, 0.2) is 15.3 Å². The van der Waals surface area contributed by atoms with Crippen molar-refractivity contribution in [2.75, 3.05) is 13.1 Å². The maximum absolute atomic E-state index is 6.25. The molecule has 0 bridgehead atoms. The summed E-state index contributed by atoms with van der Waals surface area (Å²) >= 11 is 22.0. The molecular weight excluding hydrogens is 677 g/mol. The molecule has 0 radical (unpaired) electrons. The van der Waals surface area contributed by atoms with Gasteiger partial charge in [0.1, 0.15) is 0 Å². The van der Waals surface area contributed by atoms with Gasteiger partial charge in [-0.1, -0.05) is 120 Å². The third-order valence-electron chi connectivity index (χ3n) is 9.13. The molecule has 6 nitrogen and oxygen atoms in total. The van der Waals surface area contributed by atoms with E-state index in [9.17, 15) is 0 Å². The summed E-state index contributed by atoms with van der Waals surface area (Å²) in [6, 6.07) is 17.2. The summed E-state index contributed by atoms with van der Waals surface area (Å²) in [6.07, 6.45) is 14.8. The monoisotopic (exact) mass is 722 g/mol. The Hall–Kier alpha value is -2.36. The van der Waals surface area contributed by atoms with E-state index in [1.807, 2.05) is 0 Å². The Kier molecular flexibility index (Phi) is 14.1. The summed E-state index contributed by atoms with van der Waals surface area (Å²) in [5, 5.41) is 8.01. The van der Waals surface area contributed by atoms with E-state index in [4.69, 9.17) is 48.9 Å². The van der Waals surface area contributed by atoms with Crippen LogP contribution in [0.5, 0.6) is 0 Å². The largest absolute Gasteiger partial charge is 0.296 e. The van der Waals surface area contributed by atoms with Crippen LogP contribution in [-0.4, -0.2) is 57.2 Å². The summed E-state index contributed by atoms with van der Waals surface area (Å²) in [4.78, 5) is 13.0. The van der Waals surface area contributed by atoms with Crippen LogP contribution in [0.25, 0.3) is 0 Å². The second-order valence-corrected chi connectivity index (χ2v) is 15.6. The van der Waals surface area contributed by atoms with Gasteiger partial charge in [0, 0.05) is 13.1 Å². The fourth-order valence-corrected chi connectivity index (χ4v) is 10.1. The zero-order chi connectivity index (χ0) is 33.0. The molecule has 3 heterocycles. The average Bonchev–Trinajstić information content (AvgIpc) is 3.52. The van der Waals surface area contributed by atoms with Crippen molar-refractivity contribution in [1.29, 1.82) is 0 Å². The number of hydrogen-bond donors (Lipinski definition) is 0. The van der Waals surface area contributed by atoms with Gasteiger partial charge in [-0.05, 0) is 83.5 Å². The minimum atomic E-state index is -0.395. The van der Waals surface area contributed by atoms with Crippen molar-refractivity contribution in [3.63, 3.8) is 0 Å². The molecule has 0 unspecified atom stereocenters. The highest BCUT2D eigenvalue weighted by molar-refractivity contribution is 8.14. The Morgan fingerprint density at radius 2 is 1.04 bits per heavy atom. The number of nitrogens with zero attached hydrogens (tertiary/aromatic N) is 6. The molecule has 0 aliphatic carbocycles. The minimum Gasteiger partial charge on any atom is -0.296 e. The summed E-state index contributed by atoms with van der Waals surface area (Å²) in [7, 11) is -0.395. The van der Waals surface area contributed by atoms with Crippen molar-refractivity contribution in [3.8, 4) is 0 Å². The van der Waals surface area contributed by atoms with Crippen LogP contribution in [0.2, 0.25) is 0 Å². The summed E-state index contributed by atoms with van der Waals surface area (Å²) in [5.74, 6) is 0.538. The lowest BCUT2D eigenvalue weighted by molar-refractivity contribution is 0.281. The van der Waals surface area contributed by atoms with Gasteiger partial charge in [0.2, 0.25) is 0 Å². The van der Waals surface area contributed by atoms with Crippen LogP contribution in [0.4, 0.5) is 0 Å². The van der Waals surface area contributed by atoms with Crippen LogP contribution in [0, 0.1) is 5.92 Å². The van der Waals surface area contributed by atoms with Gasteiger partial charge in [-0.3, -0.25) is 18.4 Å². The molecule has 3 aliphatic rings. The Morgan fingerprint density at radius 1 is 0.638 bits per heavy atom. The molecule has 2 aromatic carbocycles. The quantitative estimate of drug-likeness (QED) is 0.0807. The number of rotatable bonds is 19. The number of benzene rings is 2. The maximum atomic E-state index is 6.25. The first-order valence-corrected chi connectivity index (χ1v) is 19.8. The lowest BCUT2D eigenvalue weighted by Gasteiger charge is -2.40. The molecule has 0 amide bonds. The molecule has 1 fully saturated rings. The third kappa shape index (κ3) is 9.42. The lowest BCUT2D eigenvalue weighted by atomic mass is 9.97. The van der Waals surface area contributed by atoms with Crippen LogP contribution in [0.15, 0.2) is 58.5 Å². The molecule has 0 spiro atoms. The highest BCUT2D eigenvalue weighted by Crippen LogP contribution is 2.46. The Morgan fingerprint density at radius 3 is 1.47 bits per heavy atom. The normalized spacial score (nSPS) is 18.4. The standard InChI is InChI=1S/C36H46N6S5/c1-2-3-4-5-6-7-8-9-10-11-12-33-23-39-34(45)41(25-31-17-13-29(14-18-31)21-37-27-43)47-36(39)40(24-33)35(46)42(47)26-32-19-15-30(16-20-32)22-38-28-44/h13-20,33H,2-12,21-26H2,1H3. The first-order valence-electron chi connectivity index (χ1n) is 17.1. The molecule has 1 saturated heterocycles. The summed E-state index contributed by atoms with van der Waals surface area (Å²) < 4.78 is 4.79. The SMILES string of the molecule is CCCCCCCCCCCCC1CN2C(=S)N(Cc3ccc(CN=C=S)cc3)S3=C2N(C1)C(=S)N3Cc1ccc(CN=C=S)cc1. The van der Waals surface area contributed by atoms with E-state index < -0.39 is 10.9 Å². The van der Waals surface area contributed by atoms with E-state index in [-0.39, 0.29) is 0 Å². The number of isothiocyanates is 2. The molecule has 0 N–H and O–H groups in total. The third-order valence-corrected chi connectivity index (χ3v) is 12.7. The van der Waals surface area contributed by atoms with Crippen LogP contribution >= 0.6 is 59.7 Å². The van der Waals surface area contributed by atoms with Gasteiger partial charge in [-0.25, -0.2) is 9.98 Å². The van der Waals surface area contributed by atoms with Gasteiger partial charge < -0.3 is 0 Å². The fraction of sp³-hybridized carbons (Fsp3) is 0.528. The lowest BCUT2D eigenvalue weighted by Crippen LogP contribution is -2.56. The Balaban J connectivity index is 1.27. The van der Waals surface area contributed by atoms with Crippen LogP contribution in [0.3, 0.4) is 0 Å². The van der Waals surface area contributed by atoms with Crippen LogP contribution in [0.1, 0.15) is 99.8 Å². The molecule has 250 valence electrons. The van der Waals surface area contributed by atoms with Gasteiger partial charge in [-0.15, -0.1) is 0 Å². The van der Waals surface area contributed by atoms with Gasteiger partial charge >= 0.3 is 0 Å². The maximum Gasteiger partial charge on any atom is 0.189 e. The zero-order valence-electron chi connectivity index (χ0n) is 27.4. The van der Waals surface area contributed by atoms with Crippen molar-refractivity contribution < 1.29 is 0 Å². The Labute approximate surface area is 305 Å². The molecule has 3 aliphatic heterocycles. The second-order valence-electron chi connectivity index (χ2n) is 12.7. The predicted octanol–water partition coefficient (Wildman–Crippen LogP) is 9.52. The van der Waals surface area contributed by atoms with Gasteiger partial charge in [0.05, 0.1) is 47.4 Å². The number of hydrogen-bond acceptors (Lipinski definition) is 6. The average molecular weight is 723 g/mol. The van der Waals surface area contributed by atoms with E-state index in [0.29, 0.717) is 19.0 Å². The van der Waals surface area contributed by atoms with Gasteiger partial charge in [-0.2, -0.15) is 0 Å². The molecule has 0 aromatic heterocycles. The highest BCUT2D eigenvalue weighted by atomic mass is 32.2. The van der Waals surface area contributed by atoms with Crippen LogP contribution < -0.4 is 0 Å². The predicted molar refractivity (Wildman–Crippen MR) is 213 cm³/mol. The summed E-state index contributed by atoms with van der Waals surface area (Å²) in [5.41, 5.74) is 4.66. The fourth-order valence-electron chi connectivity index (χ4n) is 6.57. The Bertz CT molecular complexity index is 1410. The first-order chi connectivity index (χ1) is 23.0. The van der Waals surface area contributed by atoms with Crippen molar-refractivity contribution in [2.45, 2.75) is 104 Å². The van der Waals surface area contributed by atoms with Crippen molar-refractivity contribution in [3.05, 3.63) is 70.8 Å². The van der Waals surface area contributed by atoms with Crippen molar-refractivity contribution in [1.82, 2.24) is 18.4 Å². The molecule has 0 atom stereocenters. The van der Waals surface area contributed by atoms with Crippen molar-refractivity contribution in [2.24, 2.45) is 15.9 Å². The van der Waals surface area contributed by atoms with E-state index in [2.05, 4.69) is 94.2 Å². The molecule has 0 saturated carbocycles. The van der Waals surface area contributed by atoms with Crippen LogP contribution in [-0.2, 0) is 26.2 Å². The van der Waals surface area contributed by atoms with E-state index in [1.54, 1.807) is 0 Å². The number of thiocarbonyl (C=S) groups is 4. The minimum absolute atomic E-state index is 0.395. The summed E-state index contributed by atoms with van der Waals surface area (Å²) in [6.45, 7) is 6.79. The number of unbranched alkanes of at least 4 members (excludes halogenated alkanes) is 9. The van der Waals surface area contributed by atoms with E-state index in [0.717, 1.165) is 47.5 Å². The van der Waals surface area contributed by atoms with E-state index >= 15 is 0 Å². The topological polar surface area (TPSA) is 37.7 Å².